The molecule has 2 rings (SSSR count). The van der Waals surface area contributed by atoms with E-state index >= 15 is 0 Å². The zero-order chi connectivity index (χ0) is 20.0. The van der Waals surface area contributed by atoms with Gasteiger partial charge >= 0.3 is 6.03 Å². The molecule has 1 aliphatic rings. The van der Waals surface area contributed by atoms with Gasteiger partial charge in [-0.05, 0) is 24.6 Å². The molecule has 0 unspecified atom stereocenters. The van der Waals surface area contributed by atoms with Crippen molar-refractivity contribution in [1.29, 1.82) is 0 Å². The van der Waals surface area contributed by atoms with E-state index < -0.39 is 17.5 Å². The van der Waals surface area contributed by atoms with E-state index in [2.05, 4.69) is 5.32 Å². The minimum Gasteiger partial charge on any atom is -0.383 e. The van der Waals surface area contributed by atoms with E-state index in [-0.39, 0.29) is 12.5 Å². The fourth-order valence-electron chi connectivity index (χ4n) is 2.82. The second kappa shape index (κ2) is 9.16. The van der Waals surface area contributed by atoms with Crippen molar-refractivity contribution in [1.82, 2.24) is 15.1 Å². The molecule has 1 saturated heterocycles. The first-order valence-corrected chi connectivity index (χ1v) is 8.87. The van der Waals surface area contributed by atoms with Crippen LogP contribution in [0.4, 0.5) is 4.79 Å². The van der Waals surface area contributed by atoms with Gasteiger partial charge in [0.1, 0.15) is 12.1 Å². The Morgan fingerprint density at radius 3 is 2.22 bits per heavy atom. The SMILES string of the molecule is COCCN(CCOC)C(=O)CN1C(=O)N[C@](C)(c2ccc(Cl)cc2)C1=O. The molecule has 148 valence electrons. The van der Waals surface area contributed by atoms with Crippen LogP contribution in [0, 0.1) is 0 Å². The summed E-state index contributed by atoms with van der Waals surface area (Å²) in [5.41, 5.74) is -0.651. The van der Waals surface area contributed by atoms with Crippen LogP contribution in [0.15, 0.2) is 24.3 Å². The average molecular weight is 398 g/mol. The van der Waals surface area contributed by atoms with Crippen LogP contribution < -0.4 is 5.32 Å². The topological polar surface area (TPSA) is 88.2 Å². The maximum absolute atomic E-state index is 12.9. The molecule has 9 heteroatoms. The molecule has 0 aliphatic carbocycles. The van der Waals surface area contributed by atoms with Gasteiger partial charge in [0.05, 0.1) is 13.2 Å². The van der Waals surface area contributed by atoms with Gasteiger partial charge in [0.25, 0.3) is 5.91 Å². The summed E-state index contributed by atoms with van der Waals surface area (Å²) >= 11 is 5.89. The van der Waals surface area contributed by atoms with Crippen molar-refractivity contribution in [2.45, 2.75) is 12.5 Å². The van der Waals surface area contributed by atoms with Crippen LogP contribution in [0.1, 0.15) is 12.5 Å². The van der Waals surface area contributed by atoms with Gasteiger partial charge < -0.3 is 19.7 Å². The zero-order valence-corrected chi connectivity index (χ0v) is 16.4. The Morgan fingerprint density at radius 2 is 1.70 bits per heavy atom. The molecule has 0 radical (unpaired) electrons. The molecular weight excluding hydrogens is 374 g/mol. The molecule has 1 aromatic rings. The third kappa shape index (κ3) is 4.77. The maximum atomic E-state index is 12.9. The molecule has 1 atom stereocenters. The second-order valence-corrected chi connectivity index (χ2v) is 6.76. The largest absolute Gasteiger partial charge is 0.383 e. The van der Waals surface area contributed by atoms with Crippen molar-refractivity contribution in [3.63, 3.8) is 0 Å². The third-order valence-corrected chi connectivity index (χ3v) is 4.73. The number of methoxy groups -OCH3 is 2. The van der Waals surface area contributed by atoms with Gasteiger partial charge in [-0.1, -0.05) is 23.7 Å². The Labute approximate surface area is 163 Å². The van der Waals surface area contributed by atoms with E-state index in [9.17, 15) is 14.4 Å². The molecule has 0 saturated carbocycles. The number of nitrogens with zero attached hydrogens (tertiary/aromatic N) is 2. The number of rotatable bonds is 9. The number of urea groups is 1. The summed E-state index contributed by atoms with van der Waals surface area (Å²) in [5.74, 6) is -0.838. The van der Waals surface area contributed by atoms with Crippen LogP contribution in [0.2, 0.25) is 5.02 Å². The van der Waals surface area contributed by atoms with Crippen molar-refractivity contribution in [3.8, 4) is 0 Å². The molecule has 1 heterocycles. The highest BCUT2D eigenvalue weighted by Gasteiger charge is 2.49. The molecule has 8 nitrogen and oxygen atoms in total. The van der Waals surface area contributed by atoms with Crippen molar-refractivity contribution in [2.75, 3.05) is 47.1 Å². The summed E-state index contributed by atoms with van der Waals surface area (Å²) < 4.78 is 10.0. The minimum absolute atomic E-state index is 0.344. The summed E-state index contributed by atoms with van der Waals surface area (Å²) in [6.07, 6.45) is 0. The smallest absolute Gasteiger partial charge is 0.325 e. The summed E-state index contributed by atoms with van der Waals surface area (Å²) in [6.45, 7) is 2.64. The first-order chi connectivity index (χ1) is 12.8. The fraction of sp³-hybridized carbons (Fsp3) is 0.500. The minimum atomic E-state index is -1.24. The van der Waals surface area contributed by atoms with Crippen LogP contribution >= 0.6 is 11.6 Å². The van der Waals surface area contributed by atoms with Gasteiger partial charge in [0, 0.05) is 32.3 Å². The number of ether oxygens (including phenoxy) is 2. The number of carbonyl (C=O) groups excluding carboxylic acids is 3. The summed E-state index contributed by atoms with van der Waals surface area (Å²) in [7, 11) is 3.07. The van der Waals surface area contributed by atoms with Crippen molar-refractivity contribution in [2.24, 2.45) is 0 Å². The van der Waals surface area contributed by atoms with Crippen molar-refractivity contribution >= 4 is 29.4 Å². The normalized spacial score (nSPS) is 19.3. The lowest BCUT2D eigenvalue weighted by molar-refractivity contribution is -0.139. The van der Waals surface area contributed by atoms with Crippen molar-refractivity contribution < 1.29 is 23.9 Å². The summed E-state index contributed by atoms with van der Waals surface area (Å²) in [4.78, 5) is 40.3. The molecule has 1 aromatic carbocycles. The number of hydrogen-bond acceptors (Lipinski definition) is 5. The van der Waals surface area contributed by atoms with Gasteiger partial charge in [-0.15, -0.1) is 0 Å². The van der Waals surface area contributed by atoms with E-state index in [1.807, 2.05) is 0 Å². The van der Waals surface area contributed by atoms with Crippen LogP contribution in [-0.2, 0) is 24.6 Å². The number of carbonyl (C=O) groups is 3. The molecule has 0 spiro atoms. The van der Waals surface area contributed by atoms with E-state index in [0.29, 0.717) is 36.9 Å². The number of nitrogens with one attached hydrogen (secondary N) is 1. The van der Waals surface area contributed by atoms with Crippen LogP contribution in [-0.4, -0.2) is 74.7 Å². The standard InChI is InChI=1S/C18H24ClN3O5/c1-18(13-4-6-14(19)7-5-13)16(24)22(17(25)20-18)12-15(23)21(8-10-26-2)9-11-27-3/h4-7H,8-12H2,1-3H3,(H,20,25)/t18-/m1/s1. The Kier molecular flexibility index (Phi) is 7.18. The number of benzene rings is 1. The summed E-state index contributed by atoms with van der Waals surface area (Å²) in [5, 5.41) is 3.20. The van der Waals surface area contributed by atoms with Crippen LogP contribution in [0.25, 0.3) is 0 Å². The molecule has 1 aliphatic heterocycles. The Hall–Kier alpha value is -2.16. The predicted octanol–water partition coefficient (Wildman–Crippen LogP) is 1.23. The molecule has 0 bridgehead atoms. The molecule has 4 amide bonds. The van der Waals surface area contributed by atoms with E-state index in [1.165, 1.54) is 19.1 Å². The predicted molar refractivity (Wildman–Crippen MR) is 99.4 cm³/mol. The third-order valence-electron chi connectivity index (χ3n) is 4.47. The highest BCUT2D eigenvalue weighted by Crippen LogP contribution is 2.29. The van der Waals surface area contributed by atoms with Gasteiger partial charge in [0.2, 0.25) is 5.91 Å². The molecular formula is C18H24ClN3O5. The van der Waals surface area contributed by atoms with Gasteiger partial charge in [-0.2, -0.15) is 0 Å². The average Bonchev–Trinajstić information content (AvgIpc) is 2.86. The van der Waals surface area contributed by atoms with Gasteiger partial charge in [-0.25, -0.2) is 4.79 Å². The number of halogens is 1. The maximum Gasteiger partial charge on any atom is 0.325 e. The molecule has 1 fully saturated rings. The van der Waals surface area contributed by atoms with E-state index in [1.54, 1.807) is 31.2 Å². The lowest BCUT2D eigenvalue weighted by atomic mass is 9.92. The zero-order valence-electron chi connectivity index (χ0n) is 15.7. The van der Waals surface area contributed by atoms with Gasteiger partial charge in [0.15, 0.2) is 0 Å². The monoisotopic (exact) mass is 397 g/mol. The Morgan fingerprint density at radius 1 is 1.15 bits per heavy atom. The quantitative estimate of drug-likeness (QED) is 0.633. The molecule has 27 heavy (non-hydrogen) atoms. The van der Waals surface area contributed by atoms with Crippen LogP contribution in [0.5, 0.6) is 0 Å². The van der Waals surface area contributed by atoms with Crippen molar-refractivity contribution in [3.05, 3.63) is 34.9 Å². The second-order valence-electron chi connectivity index (χ2n) is 6.32. The molecule has 1 N–H and O–H groups in total. The first kappa shape index (κ1) is 21.1. The highest BCUT2D eigenvalue weighted by molar-refractivity contribution is 6.30. The fourth-order valence-corrected chi connectivity index (χ4v) is 2.94. The highest BCUT2D eigenvalue weighted by atomic mass is 35.5. The number of hydrogen-bond donors (Lipinski definition) is 1. The van der Waals surface area contributed by atoms with E-state index in [0.717, 1.165) is 4.90 Å². The number of amides is 4. The molecule has 0 aromatic heterocycles. The lowest BCUT2D eigenvalue weighted by Crippen LogP contribution is -2.46. The Balaban J connectivity index is 2.13. The van der Waals surface area contributed by atoms with Gasteiger partial charge in [-0.3, -0.25) is 14.5 Å². The summed E-state index contributed by atoms with van der Waals surface area (Å²) in [6, 6.07) is 6.04. The number of imide groups is 1. The first-order valence-electron chi connectivity index (χ1n) is 8.49. The van der Waals surface area contributed by atoms with E-state index in [4.69, 9.17) is 21.1 Å². The lowest BCUT2D eigenvalue weighted by Gasteiger charge is -2.25. The Bertz CT molecular complexity index is 689. The van der Waals surface area contributed by atoms with Crippen LogP contribution in [0.3, 0.4) is 0 Å².